The molecule has 0 aliphatic heterocycles. The number of benzene rings is 1. The first-order chi connectivity index (χ1) is 9.08. The number of nitrogens with two attached hydrogens (primary N) is 1. The van der Waals surface area contributed by atoms with Crippen molar-refractivity contribution in [2.24, 2.45) is 5.73 Å². The van der Waals surface area contributed by atoms with Crippen LogP contribution in [0.15, 0.2) is 18.2 Å². The Balaban J connectivity index is 2.01. The van der Waals surface area contributed by atoms with Crippen LogP contribution in [0.1, 0.15) is 34.3 Å². The predicted octanol–water partition coefficient (Wildman–Crippen LogP) is 0.141. The average Bonchev–Trinajstić information content (AvgIpc) is 2.43. The third-order valence-corrected chi connectivity index (χ3v) is 3.40. The lowest BCUT2D eigenvalue weighted by Crippen LogP contribution is -2.40. The summed E-state index contributed by atoms with van der Waals surface area (Å²) in [5, 5.41) is 11.7. The number of aliphatic hydroxyl groups is 1. The van der Waals surface area contributed by atoms with E-state index in [1.54, 1.807) is 6.07 Å². The molecule has 1 aliphatic carbocycles. The predicted molar refractivity (Wildman–Crippen MR) is 70.6 cm³/mol. The van der Waals surface area contributed by atoms with E-state index in [1.807, 2.05) is 12.1 Å². The van der Waals surface area contributed by atoms with Gasteiger partial charge in [-0.05, 0) is 48.9 Å². The van der Waals surface area contributed by atoms with Gasteiger partial charge in [0.1, 0.15) is 6.10 Å². The molecule has 0 bridgehead atoms. The largest absolute Gasteiger partial charge is 0.381 e. The molecule has 4 N–H and O–H groups in total. The van der Waals surface area contributed by atoms with Gasteiger partial charge in [-0.15, -0.1) is 0 Å². The third-order valence-electron chi connectivity index (χ3n) is 3.40. The molecule has 2 rings (SSSR count). The van der Waals surface area contributed by atoms with E-state index >= 15 is 0 Å². The van der Waals surface area contributed by atoms with Crippen LogP contribution in [0.4, 0.5) is 0 Å². The van der Waals surface area contributed by atoms with Crippen molar-refractivity contribution in [3.05, 3.63) is 34.9 Å². The molecular formula is C14H18N2O3. The summed E-state index contributed by atoms with van der Waals surface area (Å²) in [5.74, 6) is -1.14. The quantitative estimate of drug-likeness (QED) is 0.720. The second kappa shape index (κ2) is 5.84. The molecule has 1 aromatic carbocycles. The Morgan fingerprint density at radius 1 is 1.26 bits per heavy atom. The topological polar surface area (TPSA) is 92.4 Å². The van der Waals surface area contributed by atoms with Gasteiger partial charge in [-0.25, -0.2) is 0 Å². The summed E-state index contributed by atoms with van der Waals surface area (Å²) in [5.41, 5.74) is 7.99. The van der Waals surface area contributed by atoms with Gasteiger partial charge < -0.3 is 16.2 Å². The van der Waals surface area contributed by atoms with E-state index < -0.39 is 12.0 Å². The zero-order valence-corrected chi connectivity index (χ0v) is 10.7. The zero-order chi connectivity index (χ0) is 13.8. The molecule has 0 saturated carbocycles. The summed E-state index contributed by atoms with van der Waals surface area (Å²) in [6.45, 7) is -0.161. The minimum atomic E-state index is -1.35. The van der Waals surface area contributed by atoms with Gasteiger partial charge >= 0.3 is 0 Å². The standard InChI is InChI=1S/C14H18N2O3/c15-13(18)12(17)8-16-14(19)11-6-5-9-3-1-2-4-10(9)7-11/h5-7,12,17H,1-4,8H2,(H2,15,18)(H,16,19). The van der Waals surface area contributed by atoms with Crippen molar-refractivity contribution in [3.8, 4) is 0 Å². The number of primary amides is 1. The Hall–Kier alpha value is -1.88. The molecule has 5 heteroatoms. The SMILES string of the molecule is NC(=O)C(O)CNC(=O)c1ccc2c(c1)CCCC2. The minimum Gasteiger partial charge on any atom is -0.381 e. The second-order valence-corrected chi connectivity index (χ2v) is 4.82. The molecule has 0 aromatic heterocycles. The third kappa shape index (κ3) is 3.32. The zero-order valence-electron chi connectivity index (χ0n) is 10.7. The first-order valence-corrected chi connectivity index (χ1v) is 6.45. The number of aliphatic hydroxyl groups excluding tert-OH is 1. The summed E-state index contributed by atoms with van der Waals surface area (Å²) < 4.78 is 0. The van der Waals surface area contributed by atoms with Crippen LogP contribution in [0.3, 0.4) is 0 Å². The molecule has 0 heterocycles. The number of hydrogen-bond donors (Lipinski definition) is 3. The molecule has 1 aromatic rings. The van der Waals surface area contributed by atoms with Crippen molar-refractivity contribution in [2.45, 2.75) is 31.8 Å². The molecule has 19 heavy (non-hydrogen) atoms. The Morgan fingerprint density at radius 2 is 1.95 bits per heavy atom. The molecule has 5 nitrogen and oxygen atoms in total. The maximum absolute atomic E-state index is 11.9. The highest BCUT2D eigenvalue weighted by molar-refractivity contribution is 5.94. The summed E-state index contributed by atoms with van der Waals surface area (Å²) in [4.78, 5) is 22.5. The number of nitrogens with one attached hydrogen (secondary N) is 1. The van der Waals surface area contributed by atoms with Crippen LogP contribution in [0.2, 0.25) is 0 Å². The number of carbonyl (C=O) groups is 2. The molecule has 1 unspecified atom stereocenters. The molecule has 1 aliphatic rings. The van der Waals surface area contributed by atoms with E-state index in [0.717, 1.165) is 19.3 Å². The number of rotatable bonds is 4. The van der Waals surface area contributed by atoms with Gasteiger partial charge in [0, 0.05) is 5.56 Å². The van der Waals surface area contributed by atoms with E-state index in [4.69, 9.17) is 5.73 Å². The summed E-state index contributed by atoms with van der Waals surface area (Å²) in [7, 11) is 0. The first kappa shape index (κ1) is 13.5. The van der Waals surface area contributed by atoms with Crippen LogP contribution in [-0.2, 0) is 17.6 Å². The van der Waals surface area contributed by atoms with Crippen molar-refractivity contribution in [1.82, 2.24) is 5.32 Å². The van der Waals surface area contributed by atoms with Gasteiger partial charge in [0.2, 0.25) is 5.91 Å². The van der Waals surface area contributed by atoms with Crippen molar-refractivity contribution in [3.63, 3.8) is 0 Å². The lowest BCUT2D eigenvalue weighted by molar-refractivity contribution is -0.125. The smallest absolute Gasteiger partial charge is 0.251 e. The van der Waals surface area contributed by atoms with E-state index in [2.05, 4.69) is 5.32 Å². The molecule has 0 saturated heterocycles. The Labute approximate surface area is 111 Å². The van der Waals surface area contributed by atoms with Gasteiger partial charge in [0.05, 0.1) is 6.54 Å². The number of fused-ring (bicyclic) bond motifs is 1. The van der Waals surface area contributed by atoms with Crippen LogP contribution in [0, 0.1) is 0 Å². The van der Waals surface area contributed by atoms with Crippen LogP contribution < -0.4 is 11.1 Å². The van der Waals surface area contributed by atoms with E-state index in [1.165, 1.54) is 17.5 Å². The fourth-order valence-electron chi connectivity index (χ4n) is 2.27. The van der Waals surface area contributed by atoms with Crippen LogP contribution in [-0.4, -0.2) is 29.6 Å². The maximum atomic E-state index is 11.9. The van der Waals surface area contributed by atoms with Gasteiger partial charge in [-0.2, -0.15) is 0 Å². The highest BCUT2D eigenvalue weighted by atomic mass is 16.3. The van der Waals surface area contributed by atoms with E-state index in [-0.39, 0.29) is 12.5 Å². The molecule has 102 valence electrons. The van der Waals surface area contributed by atoms with E-state index in [9.17, 15) is 14.7 Å². The lowest BCUT2D eigenvalue weighted by Gasteiger charge is -2.16. The van der Waals surface area contributed by atoms with Crippen LogP contribution in [0.25, 0.3) is 0 Å². The van der Waals surface area contributed by atoms with Crippen molar-refractivity contribution >= 4 is 11.8 Å². The molecule has 1 atom stereocenters. The second-order valence-electron chi connectivity index (χ2n) is 4.82. The number of amides is 2. The van der Waals surface area contributed by atoms with Gasteiger partial charge in [0.15, 0.2) is 0 Å². The fraction of sp³-hybridized carbons (Fsp3) is 0.429. The number of hydrogen-bond acceptors (Lipinski definition) is 3. The molecule has 2 amide bonds. The molecule has 0 spiro atoms. The summed E-state index contributed by atoms with van der Waals surface area (Å²) >= 11 is 0. The highest BCUT2D eigenvalue weighted by Crippen LogP contribution is 2.22. The maximum Gasteiger partial charge on any atom is 0.251 e. The molecule has 0 fully saturated rings. The average molecular weight is 262 g/mol. The fourth-order valence-corrected chi connectivity index (χ4v) is 2.27. The van der Waals surface area contributed by atoms with Crippen LogP contribution >= 0.6 is 0 Å². The molecular weight excluding hydrogens is 244 g/mol. The van der Waals surface area contributed by atoms with Crippen molar-refractivity contribution in [2.75, 3.05) is 6.54 Å². The monoisotopic (exact) mass is 262 g/mol. The minimum absolute atomic E-state index is 0.161. The van der Waals surface area contributed by atoms with Gasteiger partial charge in [0.25, 0.3) is 5.91 Å². The first-order valence-electron chi connectivity index (χ1n) is 6.45. The van der Waals surface area contributed by atoms with Crippen LogP contribution in [0.5, 0.6) is 0 Å². The van der Waals surface area contributed by atoms with Gasteiger partial charge in [-0.3, -0.25) is 9.59 Å². The Kier molecular flexibility index (Phi) is 4.16. The number of carbonyl (C=O) groups excluding carboxylic acids is 2. The van der Waals surface area contributed by atoms with Gasteiger partial charge in [-0.1, -0.05) is 6.07 Å². The van der Waals surface area contributed by atoms with Crippen molar-refractivity contribution < 1.29 is 14.7 Å². The Bertz CT molecular complexity index is 499. The van der Waals surface area contributed by atoms with E-state index in [0.29, 0.717) is 5.56 Å². The summed E-state index contributed by atoms with van der Waals surface area (Å²) in [6, 6.07) is 5.64. The lowest BCUT2D eigenvalue weighted by atomic mass is 9.90. The number of aryl methyl sites for hydroxylation is 2. The summed E-state index contributed by atoms with van der Waals surface area (Å²) in [6.07, 6.45) is 3.07. The molecule has 0 radical (unpaired) electrons. The normalized spacial score (nSPS) is 15.4. The highest BCUT2D eigenvalue weighted by Gasteiger charge is 2.15. The van der Waals surface area contributed by atoms with Crippen molar-refractivity contribution in [1.29, 1.82) is 0 Å². The Morgan fingerprint density at radius 3 is 2.63 bits per heavy atom.